The van der Waals surface area contributed by atoms with Crippen molar-refractivity contribution in [2.75, 3.05) is 5.73 Å². The average molecular weight is 169 g/mol. The summed E-state index contributed by atoms with van der Waals surface area (Å²) in [4.78, 5) is 0. The highest BCUT2D eigenvalue weighted by Crippen LogP contribution is 2.14. The van der Waals surface area contributed by atoms with Crippen molar-refractivity contribution in [3.05, 3.63) is 35.9 Å². The Bertz CT molecular complexity index is 401. The standard InChI is InChI=1S/C10H7N3/c11-6-5-9(7-12)8-1-3-10(13)4-2-8/h1-5H,13H2/b9-5+. The number of hydrogen-bond acceptors (Lipinski definition) is 3. The summed E-state index contributed by atoms with van der Waals surface area (Å²) < 4.78 is 0. The van der Waals surface area contributed by atoms with E-state index in [1.165, 1.54) is 6.08 Å². The summed E-state index contributed by atoms with van der Waals surface area (Å²) in [6.07, 6.45) is 1.21. The lowest BCUT2D eigenvalue weighted by Gasteiger charge is -1.97. The molecule has 0 bridgehead atoms. The van der Waals surface area contributed by atoms with Gasteiger partial charge in [0.2, 0.25) is 0 Å². The van der Waals surface area contributed by atoms with Crippen molar-refractivity contribution >= 4 is 11.3 Å². The normalized spacial score (nSPS) is 10.2. The maximum atomic E-state index is 8.68. The summed E-state index contributed by atoms with van der Waals surface area (Å²) >= 11 is 0. The van der Waals surface area contributed by atoms with Gasteiger partial charge in [-0.3, -0.25) is 0 Å². The highest BCUT2D eigenvalue weighted by Gasteiger charge is 1.98. The molecule has 1 aromatic carbocycles. The van der Waals surface area contributed by atoms with Gasteiger partial charge in [0.25, 0.3) is 0 Å². The second-order valence-corrected chi connectivity index (χ2v) is 2.42. The van der Waals surface area contributed by atoms with Crippen LogP contribution in [0.3, 0.4) is 0 Å². The van der Waals surface area contributed by atoms with E-state index in [-0.39, 0.29) is 0 Å². The molecule has 0 spiro atoms. The molecule has 3 nitrogen and oxygen atoms in total. The largest absolute Gasteiger partial charge is 0.399 e. The predicted molar refractivity (Wildman–Crippen MR) is 50.1 cm³/mol. The third kappa shape index (κ3) is 2.08. The lowest BCUT2D eigenvalue weighted by molar-refractivity contribution is 1.50. The number of rotatable bonds is 1. The first-order valence-electron chi connectivity index (χ1n) is 3.63. The molecule has 0 radical (unpaired) electrons. The van der Waals surface area contributed by atoms with Gasteiger partial charge in [0.05, 0.1) is 11.6 Å². The lowest BCUT2D eigenvalue weighted by atomic mass is 10.1. The first-order chi connectivity index (χ1) is 6.27. The van der Waals surface area contributed by atoms with Crippen molar-refractivity contribution in [1.82, 2.24) is 0 Å². The summed E-state index contributed by atoms with van der Waals surface area (Å²) in [7, 11) is 0. The highest BCUT2D eigenvalue weighted by molar-refractivity contribution is 5.78. The third-order valence-electron chi connectivity index (χ3n) is 1.55. The quantitative estimate of drug-likeness (QED) is 0.513. The SMILES string of the molecule is N#C/C=C(\C#N)c1ccc(N)cc1. The van der Waals surface area contributed by atoms with Crippen LogP contribution in [0.25, 0.3) is 5.57 Å². The minimum atomic E-state index is 0.350. The van der Waals surface area contributed by atoms with Crippen molar-refractivity contribution in [3.63, 3.8) is 0 Å². The molecule has 2 N–H and O–H groups in total. The van der Waals surface area contributed by atoms with Crippen LogP contribution in [0.4, 0.5) is 5.69 Å². The van der Waals surface area contributed by atoms with Gasteiger partial charge >= 0.3 is 0 Å². The average Bonchev–Trinajstić information content (AvgIpc) is 2.16. The molecule has 0 heterocycles. The maximum absolute atomic E-state index is 8.68. The van der Waals surface area contributed by atoms with Crippen molar-refractivity contribution < 1.29 is 0 Å². The number of hydrogen-bond donors (Lipinski definition) is 1. The molecule has 0 aliphatic heterocycles. The topological polar surface area (TPSA) is 73.6 Å². The van der Waals surface area contributed by atoms with E-state index in [9.17, 15) is 0 Å². The van der Waals surface area contributed by atoms with Crippen molar-refractivity contribution in [1.29, 1.82) is 10.5 Å². The highest BCUT2D eigenvalue weighted by atomic mass is 14.5. The van der Waals surface area contributed by atoms with Gasteiger partial charge in [0.1, 0.15) is 6.07 Å². The van der Waals surface area contributed by atoms with Crippen LogP contribution in [0.5, 0.6) is 0 Å². The summed E-state index contributed by atoms with van der Waals surface area (Å²) in [5.41, 5.74) is 7.17. The fourth-order valence-electron chi connectivity index (χ4n) is 0.907. The Morgan fingerprint density at radius 3 is 2.31 bits per heavy atom. The number of nitrogen functional groups attached to an aromatic ring is 1. The Balaban J connectivity index is 3.10. The molecular formula is C10H7N3. The molecule has 0 unspecified atom stereocenters. The Morgan fingerprint density at radius 1 is 1.23 bits per heavy atom. The molecule has 13 heavy (non-hydrogen) atoms. The van der Waals surface area contributed by atoms with Crippen molar-refractivity contribution in [3.8, 4) is 12.1 Å². The Labute approximate surface area is 76.3 Å². The zero-order chi connectivity index (χ0) is 9.68. The molecule has 0 saturated heterocycles. The van der Waals surface area contributed by atoms with Gasteiger partial charge < -0.3 is 5.73 Å². The molecule has 0 saturated carbocycles. The van der Waals surface area contributed by atoms with E-state index in [1.54, 1.807) is 24.3 Å². The predicted octanol–water partition coefficient (Wildman–Crippen LogP) is 1.70. The number of nitrogens with two attached hydrogens (primary N) is 1. The minimum Gasteiger partial charge on any atom is -0.399 e. The lowest BCUT2D eigenvalue weighted by Crippen LogP contribution is -1.85. The van der Waals surface area contributed by atoms with Gasteiger partial charge in [-0.25, -0.2) is 0 Å². The molecular weight excluding hydrogens is 162 g/mol. The molecule has 0 aromatic heterocycles. The molecule has 0 amide bonds. The zero-order valence-corrected chi connectivity index (χ0v) is 6.86. The second kappa shape index (κ2) is 3.94. The van der Waals surface area contributed by atoms with Gasteiger partial charge in [-0.05, 0) is 17.7 Å². The summed E-state index contributed by atoms with van der Waals surface area (Å²) in [5, 5.41) is 17.1. The van der Waals surface area contributed by atoms with Crippen molar-refractivity contribution in [2.45, 2.75) is 0 Å². The molecule has 0 aliphatic carbocycles. The van der Waals surface area contributed by atoms with E-state index in [0.717, 1.165) is 0 Å². The van der Waals surface area contributed by atoms with Gasteiger partial charge in [-0.1, -0.05) is 12.1 Å². The molecule has 1 aromatic rings. The first kappa shape index (κ1) is 8.83. The smallest absolute Gasteiger partial charge is 0.101 e. The maximum Gasteiger partial charge on any atom is 0.101 e. The van der Waals surface area contributed by atoms with Crippen LogP contribution < -0.4 is 5.73 Å². The van der Waals surface area contributed by atoms with Crippen LogP contribution in [0.15, 0.2) is 30.3 Å². The first-order valence-corrected chi connectivity index (χ1v) is 3.63. The third-order valence-corrected chi connectivity index (χ3v) is 1.55. The monoisotopic (exact) mass is 169 g/mol. The zero-order valence-electron chi connectivity index (χ0n) is 6.86. The second-order valence-electron chi connectivity index (χ2n) is 2.42. The minimum absolute atomic E-state index is 0.350. The molecule has 3 heteroatoms. The van der Waals surface area contributed by atoms with Gasteiger partial charge in [-0.2, -0.15) is 10.5 Å². The Morgan fingerprint density at radius 2 is 1.85 bits per heavy atom. The van der Waals surface area contributed by atoms with Crippen LogP contribution in [-0.2, 0) is 0 Å². The van der Waals surface area contributed by atoms with Gasteiger partial charge in [0, 0.05) is 11.8 Å². The summed E-state index contributed by atoms with van der Waals surface area (Å²) in [5.74, 6) is 0. The fraction of sp³-hybridized carbons (Fsp3) is 0. The van der Waals surface area contributed by atoms with Crippen LogP contribution in [0.2, 0.25) is 0 Å². The summed E-state index contributed by atoms with van der Waals surface area (Å²) in [6, 6.07) is 10.6. The van der Waals surface area contributed by atoms with Gasteiger partial charge in [0.15, 0.2) is 0 Å². The van der Waals surface area contributed by atoms with E-state index < -0.39 is 0 Å². The van der Waals surface area contributed by atoms with E-state index in [2.05, 4.69) is 0 Å². The van der Waals surface area contributed by atoms with E-state index in [0.29, 0.717) is 16.8 Å². The molecule has 0 fully saturated rings. The number of allylic oxidation sites excluding steroid dienone is 2. The number of anilines is 1. The summed E-state index contributed by atoms with van der Waals surface area (Å²) in [6.45, 7) is 0. The van der Waals surface area contributed by atoms with Gasteiger partial charge in [-0.15, -0.1) is 0 Å². The van der Waals surface area contributed by atoms with Crippen LogP contribution in [-0.4, -0.2) is 0 Å². The van der Waals surface area contributed by atoms with E-state index >= 15 is 0 Å². The number of benzene rings is 1. The van der Waals surface area contributed by atoms with Crippen molar-refractivity contribution in [2.24, 2.45) is 0 Å². The Kier molecular flexibility index (Phi) is 2.68. The van der Waals surface area contributed by atoms with Crippen LogP contribution in [0, 0.1) is 22.7 Å². The van der Waals surface area contributed by atoms with Crippen LogP contribution in [0.1, 0.15) is 5.56 Å². The van der Waals surface area contributed by atoms with Crippen LogP contribution >= 0.6 is 0 Å². The number of nitriles is 2. The fourth-order valence-corrected chi connectivity index (χ4v) is 0.907. The van der Waals surface area contributed by atoms with E-state index in [1.807, 2.05) is 12.1 Å². The van der Waals surface area contributed by atoms with E-state index in [4.69, 9.17) is 16.3 Å². The molecule has 0 atom stereocenters. The number of nitrogens with zero attached hydrogens (tertiary/aromatic N) is 2. The molecule has 62 valence electrons. The Hall–Kier alpha value is -2.26. The molecule has 1 rings (SSSR count). The molecule has 0 aliphatic rings.